The Labute approximate surface area is 83.8 Å². The van der Waals surface area contributed by atoms with Gasteiger partial charge in [0.1, 0.15) is 0 Å². The van der Waals surface area contributed by atoms with Crippen LogP contribution >= 0.6 is 0 Å². The molecule has 0 unspecified atom stereocenters. The highest BCUT2D eigenvalue weighted by atomic mass is 16.3. The number of aromatic nitrogens is 3. The molecule has 0 bridgehead atoms. The highest BCUT2D eigenvalue weighted by molar-refractivity contribution is 5.39. The third-order valence-electron chi connectivity index (χ3n) is 2.09. The molecule has 0 fully saturated rings. The van der Waals surface area contributed by atoms with Gasteiger partial charge in [0, 0.05) is 5.56 Å². The van der Waals surface area contributed by atoms with Crippen molar-refractivity contribution in [2.24, 2.45) is 0 Å². The predicted octanol–water partition coefficient (Wildman–Crippen LogP) is -0.654. The van der Waals surface area contributed by atoms with Crippen molar-refractivity contribution in [2.45, 2.75) is 6.61 Å². The molecule has 0 aliphatic carbocycles. The molecule has 15 heavy (non-hydrogen) atoms. The summed E-state index contributed by atoms with van der Waals surface area (Å²) < 4.78 is 0.936. The number of hydrogen-bond acceptors (Lipinski definition) is 3. The lowest BCUT2D eigenvalue weighted by molar-refractivity contribution is 0.281. The maximum absolute atomic E-state index is 11.3. The summed E-state index contributed by atoms with van der Waals surface area (Å²) in [5.41, 5.74) is -0.209. The van der Waals surface area contributed by atoms with E-state index in [1.165, 1.54) is 0 Å². The zero-order valence-corrected chi connectivity index (χ0v) is 7.73. The summed E-state index contributed by atoms with van der Waals surface area (Å²) in [4.78, 5) is 22.6. The number of para-hydroxylation sites is 1. The lowest BCUT2D eigenvalue weighted by atomic mass is 10.2. The number of aliphatic hydroxyl groups is 1. The maximum Gasteiger partial charge on any atom is 0.348 e. The molecule has 0 spiro atoms. The smallest absolute Gasteiger partial charge is 0.348 e. The maximum atomic E-state index is 11.3. The fourth-order valence-corrected chi connectivity index (χ4v) is 1.39. The number of nitrogens with zero attached hydrogens (tertiary/aromatic N) is 1. The van der Waals surface area contributed by atoms with Gasteiger partial charge in [-0.3, -0.25) is 0 Å². The third-order valence-corrected chi connectivity index (χ3v) is 2.09. The van der Waals surface area contributed by atoms with E-state index in [9.17, 15) is 9.59 Å². The van der Waals surface area contributed by atoms with Crippen molar-refractivity contribution in [1.29, 1.82) is 0 Å². The third kappa shape index (κ3) is 1.50. The van der Waals surface area contributed by atoms with E-state index in [2.05, 4.69) is 10.2 Å². The Bertz CT molecular complexity index is 551. The van der Waals surface area contributed by atoms with Crippen LogP contribution in [0.5, 0.6) is 0 Å². The van der Waals surface area contributed by atoms with Gasteiger partial charge in [0.25, 0.3) is 0 Å². The van der Waals surface area contributed by atoms with Gasteiger partial charge in [-0.25, -0.2) is 24.4 Å². The second kappa shape index (κ2) is 3.58. The first-order valence-electron chi connectivity index (χ1n) is 4.33. The Balaban J connectivity index is 2.74. The van der Waals surface area contributed by atoms with Crippen molar-refractivity contribution in [3.63, 3.8) is 0 Å². The molecule has 2 rings (SSSR count). The molecule has 0 saturated carbocycles. The number of aliphatic hydroxyl groups excluding tert-OH is 1. The van der Waals surface area contributed by atoms with Crippen LogP contribution in [0, 0.1) is 0 Å². The van der Waals surface area contributed by atoms with Crippen LogP contribution in [0.3, 0.4) is 0 Å². The molecule has 0 atom stereocenters. The Hall–Kier alpha value is -2.08. The molecular formula is C9H9N3O3. The molecule has 0 saturated heterocycles. The summed E-state index contributed by atoms with van der Waals surface area (Å²) in [6, 6.07) is 6.65. The molecule has 3 N–H and O–H groups in total. The molecule has 78 valence electrons. The van der Waals surface area contributed by atoms with Crippen molar-refractivity contribution in [1.82, 2.24) is 14.8 Å². The first-order valence-corrected chi connectivity index (χ1v) is 4.33. The van der Waals surface area contributed by atoms with Crippen LogP contribution in [0.2, 0.25) is 0 Å². The number of aromatic amines is 2. The fraction of sp³-hybridized carbons (Fsp3) is 0.111. The van der Waals surface area contributed by atoms with Crippen LogP contribution in [-0.2, 0) is 6.61 Å². The van der Waals surface area contributed by atoms with Gasteiger partial charge in [0.15, 0.2) is 0 Å². The first kappa shape index (κ1) is 9.47. The van der Waals surface area contributed by atoms with Gasteiger partial charge in [-0.1, -0.05) is 18.2 Å². The lowest BCUT2D eigenvalue weighted by Crippen LogP contribution is -2.25. The normalized spacial score (nSPS) is 10.5. The number of rotatable bonds is 2. The molecule has 6 nitrogen and oxygen atoms in total. The lowest BCUT2D eigenvalue weighted by Gasteiger charge is -2.04. The van der Waals surface area contributed by atoms with Crippen molar-refractivity contribution in [2.75, 3.05) is 0 Å². The van der Waals surface area contributed by atoms with Crippen LogP contribution in [0.4, 0.5) is 0 Å². The minimum Gasteiger partial charge on any atom is -0.392 e. The zero-order chi connectivity index (χ0) is 10.8. The van der Waals surface area contributed by atoms with Gasteiger partial charge in [-0.05, 0) is 6.07 Å². The molecule has 0 aliphatic rings. The minimum atomic E-state index is -0.555. The molecule has 1 aromatic heterocycles. The van der Waals surface area contributed by atoms with Crippen LogP contribution in [-0.4, -0.2) is 19.9 Å². The summed E-state index contributed by atoms with van der Waals surface area (Å²) in [6.45, 7) is -0.229. The molecule has 0 amide bonds. The highest BCUT2D eigenvalue weighted by Gasteiger charge is 2.08. The van der Waals surface area contributed by atoms with Crippen molar-refractivity contribution < 1.29 is 5.11 Å². The molecule has 1 aromatic carbocycles. The molecule has 6 heteroatoms. The predicted molar refractivity (Wildman–Crippen MR) is 52.9 cm³/mol. The fourth-order valence-electron chi connectivity index (χ4n) is 1.39. The minimum absolute atomic E-state index is 0.229. The summed E-state index contributed by atoms with van der Waals surface area (Å²) in [5, 5.41) is 13.4. The standard InChI is InChI=1S/C9H9N3O3/c13-5-6-3-1-2-4-7(6)12-8(14)10-11-9(12)15/h1-4,13H,5H2,(H,10,14)(H,11,15). The highest BCUT2D eigenvalue weighted by Crippen LogP contribution is 2.10. The Morgan fingerprint density at radius 1 is 1.13 bits per heavy atom. The van der Waals surface area contributed by atoms with Gasteiger partial charge >= 0.3 is 11.4 Å². The van der Waals surface area contributed by atoms with Gasteiger partial charge in [0.2, 0.25) is 0 Å². The summed E-state index contributed by atoms with van der Waals surface area (Å²) in [6.07, 6.45) is 0. The quantitative estimate of drug-likeness (QED) is 0.611. The SMILES string of the molecule is O=c1[nH][nH]c(=O)n1-c1ccccc1CO. The van der Waals surface area contributed by atoms with E-state index in [1.54, 1.807) is 24.3 Å². The Morgan fingerprint density at radius 2 is 1.73 bits per heavy atom. The average Bonchev–Trinajstić information content (AvgIpc) is 2.59. The Kier molecular flexibility index (Phi) is 2.26. The van der Waals surface area contributed by atoms with E-state index >= 15 is 0 Å². The number of hydrogen-bond donors (Lipinski definition) is 3. The van der Waals surface area contributed by atoms with Gasteiger partial charge < -0.3 is 5.11 Å². The summed E-state index contributed by atoms with van der Waals surface area (Å²) in [5.74, 6) is 0. The van der Waals surface area contributed by atoms with E-state index in [4.69, 9.17) is 5.11 Å². The monoisotopic (exact) mass is 207 g/mol. The van der Waals surface area contributed by atoms with Gasteiger partial charge in [0.05, 0.1) is 12.3 Å². The van der Waals surface area contributed by atoms with Crippen LogP contribution < -0.4 is 11.4 Å². The second-order valence-corrected chi connectivity index (χ2v) is 2.98. The molecule has 0 aliphatic heterocycles. The first-order chi connectivity index (χ1) is 7.24. The van der Waals surface area contributed by atoms with Crippen LogP contribution in [0.25, 0.3) is 5.69 Å². The Morgan fingerprint density at radius 3 is 2.33 bits per heavy atom. The van der Waals surface area contributed by atoms with E-state index in [-0.39, 0.29) is 6.61 Å². The van der Waals surface area contributed by atoms with E-state index in [0.717, 1.165) is 4.57 Å². The topological polar surface area (TPSA) is 90.9 Å². The van der Waals surface area contributed by atoms with Crippen molar-refractivity contribution >= 4 is 0 Å². The molecular weight excluding hydrogens is 198 g/mol. The summed E-state index contributed by atoms with van der Waals surface area (Å²) >= 11 is 0. The average molecular weight is 207 g/mol. The van der Waals surface area contributed by atoms with Crippen molar-refractivity contribution in [3.05, 3.63) is 50.8 Å². The molecule has 2 aromatic rings. The molecule has 0 radical (unpaired) electrons. The summed E-state index contributed by atoms with van der Waals surface area (Å²) in [7, 11) is 0. The van der Waals surface area contributed by atoms with E-state index in [0.29, 0.717) is 11.3 Å². The second-order valence-electron chi connectivity index (χ2n) is 2.98. The van der Waals surface area contributed by atoms with Gasteiger partial charge in [-0.2, -0.15) is 0 Å². The van der Waals surface area contributed by atoms with Crippen molar-refractivity contribution in [3.8, 4) is 5.69 Å². The largest absolute Gasteiger partial charge is 0.392 e. The number of nitrogens with one attached hydrogen (secondary N) is 2. The number of H-pyrrole nitrogens is 2. The van der Waals surface area contributed by atoms with Gasteiger partial charge in [-0.15, -0.1) is 0 Å². The van der Waals surface area contributed by atoms with Crippen LogP contribution in [0.1, 0.15) is 5.56 Å². The van der Waals surface area contributed by atoms with E-state index in [1.807, 2.05) is 0 Å². The van der Waals surface area contributed by atoms with E-state index < -0.39 is 11.4 Å². The molecule has 1 heterocycles. The zero-order valence-electron chi connectivity index (χ0n) is 7.73. The number of benzene rings is 1. The van der Waals surface area contributed by atoms with Crippen LogP contribution in [0.15, 0.2) is 33.9 Å².